The lowest BCUT2D eigenvalue weighted by Gasteiger charge is -2.09. The van der Waals surface area contributed by atoms with Crippen LogP contribution in [0, 0.1) is 0 Å². The molecular weight excluding hydrogens is 296 g/mol. The second-order valence-electron chi connectivity index (χ2n) is 4.70. The minimum absolute atomic E-state index is 0.147. The number of benzene rings is 1. The Hall–Kier alpha value is -3.29. The molecule has 1 N–H and O–H groups in total. The molecule has 0 aliphatic rings. The maximum Gasteiger partial charge on any atom is 0.228 e. The average Bonchev–Trinajstić information content (AvgIpc) is 3.10. The van der Waals surface area contributed by atoms with Gasteiger partial charge in [0, 0.05) is 5.56 Å². The summed E-state index contributed by atoms with van der Waals surface area (Å²) in [5.41, 5.74) is 1.42. The Morgan fingerprint density at radius 3 is 2.83 bits per heavy atom. The Morgan fingerprint density at radius 1 is 1.26 bits per heavy atom. The summed E-state index contributed by atoms with van der Waals surface area (Å²) in [4.78, 5) is 16.3. The maximum absolute atomic E-state index is 12.1. The van der Waals surface area contributed by atoms with Gasteiger partial charge in [-0.1, -0.05) is 18.2 Å². The highest BCUT2D eigenvalue weighted by molar-refractivity contribution is 5.92. The number of nitrogens with one attached hydrogen (secondary N) is 1. The summed E-state index contributed by atoms with van der Waals surface area (Å²) in [6.45, 7) is 0. The van der Waals surface area contributed by atoms with E-state index in [9.17, 15) is 4.79 Å². The summed E-state index contributed by atoms with van der Waals surface area (Å²) >= 11 is 0. The van der Waals surface area contributed by atoms with Crippen molar-refractivity contribution in [1.29, 1.82) is 0 Å². The molecule has 0 bridgehead atoms. The zero-order valence-corrected chi connectivity index (χ0v) is 12.4. The molecule has 8 heteroatoms. The van der Waals surface area contributed by atoms with Crippen LogP contribution in [0.3, 0.4) is 0 Å². The molecule has 0 saturated heterocycles. The van der Waals surface area contributed by atoms with Crippen LogP contribution in [0.5, 0.6) is 5.75 Å². The van der Waals surface area contributed by atoms with Crippen LogP contribution in [-0.2, 0) is 11.2 Å². The number of para-hydroxylation sites is 1. The molecule has 3 rings (SSSR count). The third-order valence-corrected chi connectivity index (χ3v) is 3.16. The molecule has 0 spiro atoms. The summed E-state index contributed by atoms with van der Waals surface area (Å²) < 4.78 is 6.67. The molecule has 1 aromatic carbocycles. The fourth-order valence-corrected chi connectivity index (χ4v) is 2.09. The van der Waals surface area contributed by atoms with Crippen molar-refractivity contribution >= 4 is 11.6 Å². The molecular formula is C15H14N6O2. The van der Waals surface area contributed by atoms with Crippen LogP contribution in [0.1, 0.15) is 5.56 Å². The molecule has 3 aromatic rings. The van der Waals surface area contributed by atoms with Crippen LogP contribution in [-0.4, -0.2) is 38.2 Å². The largest absolute Gasteiger partial charge is 0.496 e. The Morgan fingerprint density at radius 2 is 2.13 bits per heavy atom. The first kappa shape index (κ1) is 14.6. The Labute approximate surface area is 132 Å². The summed E-state index contributed by atoms with van der Waals surface area (Å²) in [5.74, 6) is 1.11. The van der Waals surface area contributed by atoms with Gasteiger partial charge in [-0.15, -0.1) is 5.10 Å². The fourth-order valence-electron chi connectivity index (χ4n) is 2.09. The van der Waals surface area contributed by atoms with Gasteiger partial charge < -0.3 is 10.1 Å². The number of carbonyl (C=O) groups excluding carboxylic acids is 1. The van der Waals surface area contributed by atoms with Crippen molar-refractivity contribution in [3.8, 4) is 11.6 Å². The minimum atomic E-state index is -0.147. The number of methoxy groups -OCH3 is 1. The zero-order valence-electron chi connectivity index (χ0n) is 12.4. The van der Waals surface area contributed by atoms with E-state index in [0.717, 1.165) is 5.56 Å². The molecule has 0 saturated carbocycles. The van der Waals surface area contributed by atoms with Gasteiger partial charge in [0.1, 0.15) is 12.1 Å². The first-order valence-electron chi connectivity index (χ1n) is 6.87. The Balaban J connectivity index is 1.66. The molecule has 23 heavy (non-hydrogen) atoms. The van der Waals surface area contributed by atoms with Gasteiger partial charge in [0.25, 0.3) is 0 Å². The van der Waals surface area contributed by atoms with Gasteiger partial charge in [-0.2, -0.15) is 4.68 Å². The lowest BCUT2D eigenvalue weighted by atomic mass is 10.1. The number of ether oxygens (including phenoxy) is 1. The van der Waals surface area contributed by atoms with Crippen LogP contribution in [0.15, 0.2) is 48.9 Å². The van der Waals surface area contributed by atoms with Crippen LogP contribution < -0.4 is 10.1 Å². The fraction of sp³-hybridized carbons (Fsp3) is 0.133. The molecule has 8 nitrogen and oxygen atoms in total. The van der Waals surface area contributed by atoms with E-state index in [1.165, 1.54) is 11.0 Å². The van der Waals surface area contributed by atoms with E-state index in [2.05, 4.69) is 25.8 Å². The number of hydrogen-bond acceptors (Lipinski definition) is 6. The number of pyridine rings is 1. The van der Waals surface area contributed by atoms with Crippen molar-refractivity contribution in [2.24, 2.45) is 0 Å². The third-order valence-electron chi connectivity index (χ3n) is 3.16. The van der Waals surface area contributed by atoms with E-state index in [1.54, 1.807) is 25.4 Å². The van der Waals surface area contributed by atoms with Crippen LogP contribution >= 0.6 is 0 Å². The van der Waals surface area contributed by atoms with Crippen LogP contribution in [0.2, 0.25) is 0 Å². The SMILES string of the molecule is COc1ccccc1CC(=O)Nc1ccc(-n2cnnn2)nc1. The second kappa shape index (κ2) is 6.65. The number of tetrazole rings is 1. The van der Waals surface area contributed by atoms with Crippen molar-refractivity contribution < 1.29 is 9.53 Å². The highest BCUT2D eigenvalue weighted by Gasteiger charge is 2.09. The molecule has 0 atom stereocenters. The lowest BCUT2D eigenvalue weighted by molar-refractivity contribution is -0.115. The van der Waals surface area contributed by atoms with E-state index in [0.29, 0.717) is 17.3 Å². The molecule has 0 unspecified atom stereocenters. The van der Waals surface area contributed by atoms with Crippen molar-refractivity contribution in [2.75, 3.05) is 12.4 Å². The van der Waals surface area contributed by atoms with Gasteiger partial charge in [-0.3, -0.25) is 4.79 Å². The van der Waals surface area contributed by atoms with Gasteiger partial charge in [0.15, 0.2) is 5.82 Å². The first-order chi connectivity index (χ1) is 11.3. The van der Waals surface area contributed by atoms with E-state index >= 15 is 0 Å². The summed E-state index contributed by atoms with van der Waals surface area (Å²) in [5, 5.41) is 13.6. The first-order valence-corrected chi connectivity index (χ1v) is 6.87. The molecule has 0 aliphatic heterocycles. The van der Waals surface area contributed by atoms with Crippen LogP contribution in [0.25, 0.3) is 5.82 Å². The van der Waals surface area contributed by atoms with Gasteiger partial charge in [0.2, 0.25) is 5.91 Å². The topological polar surface area (TPSA) is 94.8 Å². The Kier molecular flexibility index (Phi) is 4.23. The molecule has 116 valence electrons. The van der Waals surface area contributed by atoms with E-state index < -0.39 is 0 Å². The quantitative estimate of drug-likeness (QED) is 0.762. The number of nitrogens with zero attached hydrogens (tertiary/aromatic N) is 5. The minimum Gasteiger partial charge on any atom is -0.496 e. The van der Waals surface area contributed by atoms with E-state index in [1.807, 2.05) is 24.3 Å². The van der Waals surface area contributed by atoms with E-state index in [-0.39, 0.29) is 12.3 Å². The predicted molar refractivity (Wildman–Crippen MR) is 82.3 cm³/mol. The monoisotopic (exact) mass is 310 g/mol. The normalized spacial score (nSPS) is 10.3. The third kappa shape index (κ3) is 3.49. The van der Waals surface area contributed by atoms with Crippen molar-refractivity contribution in [1.82, 2.24) is 25.2 Å². The van der Waals surface area contributed by atoms with Gasteiger partial charge in [-0.25, -0.2) is 4.98 Å². The molecule has 0 radical (unpaired) electrons. The summed E-state index contributed by atoms with van der Waals surface area (Å²) in [7, 11) is 1.58. The number of aromatic nitrogens is 5. The highest BCUT2D eigenvalue weighted by Crippen LogP contribution is 2.18. The standard InChI is InChI=1S/C15H14N6O2/c1-23-13-5-3-2-4-11(13)8-15(22)18-12-6-7-14(16-9-12)21-10-17-19-20-21/h2-7,9-10H,8H2,1H3,(H,18,22). The van der Waals surface area contributed by atoms with Crippen molar-refractivity contribution in [2.45, 2.75) is 6.42 Å². The number of amides is 1. The molecule has 0 aliphatic carbocycles. The van der Waals surface area contributed by atoms with Crippen molar-refractivity contribution in [3.05, 3.63) is 54.5 Å². The molecule has 1 amide bonds. The zero-order chi connectivity index (χ0) is 16.1. The number of anilines is 1. The molecule has 2 heterocycles. The van der Waals surface area contributed by atoms with Gasteiger partial charge >= 0.3 is 0 Å². The number of rotatable bonds is 5. The van der Waals surface area contributed by atoms with Gasteiger partial charge in [-0.05, 0) is 28.6 Å². The summed E-state index contributed by atoms with van der Waals surface area (Å²) in [6.07, 6.45) is 3.22. The number of hydrogen-bond donors (Lipinski definition) is 1. The Bertz CT molecular complexity index is 786. The smallest absolute Gasteiger partial charge is 0.228 e. The molecule has 2 aromatic heterocycles. The number of carbonyl (C=O) groups is 1. The lowest BCUT2D eigenvalue weighted by Crippen LogP contribution is -2.15. The maximum atomic E-state index is 12.1. The van der Waals surface area contributed by atoms with E-state index in [4.69, 9.17) is 4.74 Å². The average molecular weight is 310 g/mol. The predicted octanol–water partition coefficient (Wildman–Crippen LogP) is 1.25. The summed E-state index contributed by atoms with van der Waals surface area (Å²) in [6, 6.07) is 10.9. The second-order valence-corrected chi connectivity index (χ2v) is 4.70. The van der Waals surface area contributed by atoms with Crippen LogP contribution in [0.4, 0.5) is 5.69 Å². The van der Waals surface area contributed by atoms with Crippen molar-refractivity contribution in [3.63, 3.8) is 0 Å². The molecule has 0 fully saturated rings. The van der Waals surface area contributed by atoms with Gasteiger partial charge in [0.05, 0.1) is 25.4 Å². The highest BCUT2D eigenvalue weighted by atomic mass is 16.5.